The van der Waals surface area contributed by atoms with E-state index in [1.165, 1.54) is 11.3 Å². The van der Waals surface area contributed by atoms with Gasteiger partial charge in [0.25, 0.3) is 5.91 Å². The second-order valence-electron chi connectivity index (χ2n) is 4.60. The molecular weight excluding hydrogens is 332 g/mol. The highest BCUT2D eigenvalue weighted by atomic mass is 35.5. The summed E-state index contributed by atoms with van der Waals surface area (Å²) in [4.78, 5) is 17.2. The van der Waals surface area contributed by atoms with Gasteiger partial charge < -0.3 is 9.88 Å². The largest absolute Gasteiger partial charge is 0.323 e. The molecule has 0 unspecified atom stereocenters. The normalized spacial score (nSPS) is 9.70. The highest BCUT2D eigenvalue weighted by Crippen LogP contribution is 2.20. The van der Waals surface area contributed by atoms with Crippen molar-refractivity contribution in [1.82, 2.24) is 14.9 Å². The summed E-state index contributed by atoms with van der Waals surface area (Å²) in [7, 11) is 3.75. The molecule has 1 amide bonds. The summed E-state index contributed by atoms with van der Waals surface area (Å²) in [5.74, 6) is 0.488. The second kappa shape index (κ2) is 9.29. The summed E-state index contributed by atoms with van der Waals surface area (Å²) in [6, 6.07) is 11.5. The average molecular weight is 353 g/mol. The second-order valence-corrected chi connectivity index (χ2v) is 5.55. The Balaban J connectivity index is 0.000000615. The molecule has 0 radical (unpaired) electrons. The van der Waals surface area contributed by atoms with E-state index in [-0.39, 0.29) is 18.3 Å². The van der Waals surface area contributed by atoms with Crippen LogP contribution in [0.15, 0.2) is 41.8 Å². The number of para-hydroxylation sites is 2. The first kappa shape index (κ1) is 19.2. The van der Waals surface area contributed by atoms with E-state index >= 15 is 0 Å². The molecule has 7 heteroatoms. The molecule has 124 valence electrons. The molecule has 2 aromatic heterocycles. The zero-order chi connectivity index (χ0) is 15.9. The Morgan fingerprint density at radius 1 is 1.22 bits per heavy atom. The average Bonchev–Trinajstić information content (AvgIpc) is 3.15. The first-order chi connectivity index (χ1) is 10.7. The van der Waals surface area contributed by atoms with E-state index in [1.807, 2.05) is 61.3 Å². The van der Waals surface area contributed by atoms with E-state index in [0.717, 1.165) is 17.6 Å². The number of hydrogen-bond donors (Lipinski definition) is 2. The van der Waals surface area contributed by atoms with Crippen molar-refractivity contribution in [2.75, 3.05) is 19.4 Å². The molecule has 0 saturated carbocycles. The maximum Gasteiger partial charge on any atom is 0.268 e. The summed E-state index contributed by atoms with van der Waals surface area (Å²) in [6.07, 6.45) is 0. The Morgan fingerprint density at radius 2 is 1.91 bits per heavy atom. The molecule has 0 bridgehead atoms. The van der Waals surface area contributed by atoms with Crippen molar-refractivity contribution in [3.05, 3.63) is 46.7 Å². The molecule has 2 heterocycles. The van der Waals surface area contributed by atoms with Crippen molar-refractivity contribution in [3.8, 4) is 0 Å². The monoisotopic (exact) mass is 352 g/mol. The SMILES string of the molecule is CCn1c(NC(=O)c2cccs2)nc2ccccc21.CNC.Cl. The number of fused-ring (bicyclic) bond motifs is 1. The van der Waals surface area contributed by atoms with Gasteiger partial charge >= 0.3 is 0 Å². The van der Waals surface area contributed by atoms with Gasteiger partial charge in [0.2, 0.25) is 5.95 Å². The molecule has 1 aromatic carbocycles. The van der Waals surface area contributed by atoms with Gasteiger partial charge in [0.1, 0.15) is 0 Å². The molecule has 0 aliphatic rings. The Labute approximate surface area is 146 Å². The van der Waals surface area contributed by atoms with Gasteiger partial charge in [-0.2, -0.15) is 0 Å². The van der Waals surface area contributed by atoms with Crippen LogP contribution in [-0.2, 0) is 6.54 Å². The summed E-state index contributed by atoms with van der Waals surface area (Å²) in [5.41, 5.74) is 1.93. The van der Waals surface area contributed by atoms with Crippen molar-refractivity contribution in [1.29, 1.82) is 0 Å². The van der Waals surface area contributed by atoms with Crippen LogP contribution >= 0.6 is 23.7 Å². The Morgan fingerprint density at radius 3 is 2.52 bits per heavy atom. The smallest absolute Gasteiger partial charge is 0.268 e. The van der Waals surface area contributed by atoms with Gasteiger partial charge in [-0.15, -0.1) is 23.7 Å². The van der Waals surface area contributed by atoms with Gasteiger partial charge in [0.05, 0.1) is 15.9 Å². The van der Waals surface area contributed by atoms with E-state index in [4.69, 9.17) is 0 Å². The van der Waals surface area contributed by atoms with Crippen LogP contribution in [0.2, 0.25) is 0 Å². The Bertz CT molecular complexity index is 740. The number of carbonyl (C=O) groups excluding carboxylic acids is 1. The lowest BCUT2D eigenvalue weighted by Gasteiger charge is -2.06. The summed E-state index contributed by atoms with van der Waals surface area (Å²) in [6.45, 7) is 2.80. The van der Waals surface area contributed by atoms with Crippen molar-refractivity contribution in [3.63, 3.8) is 0 Å². The molecule has 0 fully saturated rings. The maximum atomic E-state index is 12.1. The lowest BCUT2D eigenvalue weighted by molar-refractivity contribution is 0.102. The van der Waals surface area contributed by atoms with Crippen LogP contribution in [0.5, 0.6) is 0 Å². The van der Waals surface area contributed by atoms with Gasteiger partial charge in [-0.1, -0.05) is 18.2 Å². The molecule has 0 aliphatic heterocycles. The lowest BCUT2D eigenvalue weighted by Crippen LogP contribution is -2.14. The zero-order valence-electron chi connectivity index (χ0n) is 13.4. The van der Waals surface area contributed by atoms with Gasteiger partial charge in [0, 0.05) is 6.54 Å². The number of rotatable bonds is 3. The summed E-state index contributed by atoms with van der Waals surface area (Å²) in [5, 5.41) is 7.51. The van der Waals surface area contributed by atoms with Crippen LogP contribution in [0.3, 0.4) is 0 Å². The number of anilines is 1. The molecule has 0 aliphatic carbocycles. The Hall–Kier alpha value is -1.89. The first-order valence-corrected chi connectivity index (χ1v) is 7.97. The molecular formula is C16H21ClN4OS. The van der Waals surface area contributed by atoms with Gasteiger partial charge in [-0.05, 0) is 44.6 Å². The van der Waals surface area contributed by atoms with Crippen molar-refractivity contribution in [2.45, 2.75) is 13.5 Å². The minimum atomic E-state index is -0.111. The van der Waals surface area contributed by atoms with E-state index < -0.39 is 0 Å². The fraction of sp³-hybridized carbons (Fsp3) is 0.250. The molecule has 0 saturated heterocycles. The maximum absolute atomic E-state index is 12.1. The fourth-order valence-corrected chi connectivity index (χ4v) is 2.68. The minimum Gasteiger partial charge on any atom is -0.323 e. The molecule has 2 N–H and O–H groups in total. The highest BCUT2D eigenvalue weighted by Gasteiger charge is 2.13. The number of halogens is 1. The number of aromatic nitrogens is 2. The third-order valence-electron chi connectivity index (χ3n) is 2.94. The van der Waals surface area contributed by atoms with Gasteiger partial charge in [0.15, 0.2) is 0 Å². The summed E-state index contributed by atoms with van der Waals surface area (Å²) < 4.78 is 2.00. The molecule has 3 aromatic rings. The number of thiophene rings is 1. The summed E-state index contributed by atoms with van der Waals surface area (Å²) >= 11 is 1.42. The number of amides is 1. The number of carbonyl (C=O) groups is 1. The van der Waals surface area contributed by atoms with Crippen LogP contribution in [0, 0.1) is 0 Å². The van der Waals surface area contributed by atoms with Crippen molar-refractivity contribution < 1.29 is 4.79 Å². The van der Waals surface area contributed by atoms with Gasteiger partial charge in [-0.3, -0.25) is 10.1 Å². The van der Waals surface area contributed by atoms with Crippen molar-refractivity contribution in [2.24, 2.45) is 0 Å². The van der Waals surface area contributed by atoms with Crippen LogP contribution in [-0.4, -0.2) is 29.6 Å². The topological polar surface area (TPSA) is 59.0 Å². The van der Waals surface area contributed by atoms with Gasteiger partial charge in [-0.25, -0.2) is 4.98 Å². The fourth-order valence-electron chi connectivity index (χ4n) is 2.06. The third-order valence-corrected chi connectivity index (χ3v) is 3.81. The van der Waals surface area contributed by atoms with Crippen LogP contribution in [0.1, 0.15) is 16.6 Å². The van der Waals surface area contributed by atoms with Crippen LogP contribution in [0.4, 0.5) is 5.95 Å². The number of benzene rings is 1. The molecule has 0 spiro atoms. The lowest BCUT2D eigenvalue weighted by atomic mass is 10.3. The molecule has 23 heavy (non-hydrogen) atoms. The zero-order valence-corrected chi connectivity index (χ0v) is 15.0. The highest BCUT2D eigenvalue weighted by molar-refractivity contribution is 7.12. The third kappa shape index (κ3) is 4.54. The quantitative estimate of drug-likeness (QED) is 0.756. The number of imidazole rings is 1. The first-order valence-electron chi connectivity index (χ1n) is 7.09. The number of aryl methyl sites for hydroxylation is 1. The van der Waals surface area contributed by atoms with E-state index in [0.29, 0.717) is 10.8 Å². The predicted octanol–water partition coefficient (Wildman–Crippen LogP) is 3.63. The predicted molar refractivity (Wildman–Crippen MR) is 99.9 cm³/mol. The molecule has 0 atom stereocenters. The molecule has 3 rings (SSSR count). The van der Waals surface area contributed by atoms with Crippen LogP contribution in [0.25, 0.3) is 11.0 Å². The van der Waals surface area contributed by atoms with E-state index in [1.54, 1.807) is 6.07 Å². The Kier molecular flexibility index (Phi) is 7.74. The van der Waals surface area contributed by atoms with Crippen molar-refractivity contribution >= 4 is 46.6 Å². The van der Waals surface area contributed by atoms with Crippen LogP contribution < -0.4 is 10.6 Å². The number of nitrogens with zero attached hydrogens (tertiary/aromatic N) is 2. The standard InChI is InChI=1S/C14H13N3OS.C2H7N.ClH/c1-2-17-11-7-4-3-6-10(11)15-14(17)16-13(18)12-8-5-9-19-12;1-3-2;/h3-9H,2H2,1H3,(H,15,16,18);3H,1-2H3;1H. The number of hydrogen-bond acceptors (Lipinski definition) is 4. The molecule has 5 nitrogen and oxygen atoms in total. The minimum absolute atomic E-state index is 0. The van der Waals surface area contributed by atoms with E-state index in [2.05, 4.69) is 15.6 Å². The van der Waals surface area contributed by atoms with E-state index in [9.17, 15) is 4.79 Å². The number of nitrogens with one attached hydrogen (secondary N) is 2.